The Hall–Kier alpha value is -2.28. The molecule has 0 spiro atoms. The number of hydrogen-bond donors (Lipinski definition) is 0. The van der Waals surface area contributed by atoms with Gasteiger partial charge in [0.1, 0.15) is 23.9 Å². The smallest absolute Gasteiger partial charge is 0.264 e. The van der Waals surface area contributed by atoms with E-state index in [4.69, 9.17) is 4.74 Å². The van der Waals surface area contributed by atoms with Gasteiger partial charge in [-0.3, -0.25) is 4.31 Å². The predicted molar refractivity (Wildman–Crippen MR) is 85.1 cm³/mol. The summed E-state index contributed by atoms with van der Waals surface area (Å²) in [4.78, 5) is 2.23. The molecule has 23 heavy (non-hydrogen) atoms. The average Bonchev–Trinajstić information content (AvgIpc) is 2.56. The molecule has 0 amide bonds. The van der Waals surface area contributed by atoms with Gasteiger partial charge in [-0.25, -0.2) is 12.8 Å². The lowest BCUT2D eigenvalue weighted by Gasteiger charge is -2.41. The van der Waals surface area contributed by atoms with E-state index in [1.807, 2.05) is 6.07 Å². The Balaban J connectivity index is 1.83. The summed E-state index contributed by atoms with van der Waals surface area (Å²) in [6, 6.07) is 10.3. The van der Waals surface area contributed by atoms with Gasteiger partial charge in [-0.1, -0.05) is 6.07 Å². The van der Waals surface area contributed by atoms with E-state index in [2.05, 4.69) is 4.90 Å². The monoisotopic (exact) mass is 334 g/mol. The molecule has 2 aliphatic rings. The lowest BCUT2D eigenvalue weighted by molar-refractivity contribution is 0.307. The third-order valence-corrected chi connectivity index (χ3v) is 5.98. The number of halogens is 1. The zero-order valence-electron chi connectivity index (χ0n) is 12.3. The molecular formula is C16H15FN2O3S. The minimum Gasteiger partial charge on any atom is -0.489 e. The normalized spacial score (nSPS) is 16.7. The maximum atomic E-state index is 13.1. The minimum absolute atomic E-state index is 0.0849. The largest absolute Gasteiger partial charge is 0.489 e. The molecule has 120 valence electrons. The summed E-state index contributed by atoms with van der Waals surface area (Å²) >= 11 is 0. The number of benzene rings is 2. The quantitative estimate of drug-likeness (QED) is 0.845. The van der Waals surface area contributed by atoms with Crippen LogP contribution in [-0.2, 0) is 10.0 Å². The molecule has 2 heterocycles. The van der Waals surface area contributed by atoms with E-state index in [1.165, 1.54) is 16.4 Å². The highest BCUT2D eigenvalue weighted by Crippen LogP contribution is 2.44. The fourth-order valence-corrected chi connectivity index (χ4v) is 4.53. The Labute approximate surface area is 133 Å². The fraction of sp³-hybridized carbons (Fsp3) is 0.250. The van der Waals surface area contributed by atoms with Crippen LogP contribution >= 0.6 is 0 Å². The van der Waals surface area contributed by atoms with Crippen molar-refractivity contribution in [3.05, 3.63) is 48.3 Å². The molecule has 0 aromatic heterocycles. The summed E-state index contributed by atoms with van der Waals surface area (Å²) in [6.07, 6.45) is 0. The lowest BCUT2D eigenvalue weighted by Crippen LogP contribution is -2.46. The van der Waals surface area contributed by atoms with Crippen LogP contribution in [0, 0.1) is 5.82 Å². The summed E-state index contributed by atoms with van der Waals surface area (Å²) in [5, 5.41) is 0. The first kappa shape index (κ1) is 14.3. The van der Waals surface area contributed by atoms with Gasteiger partial charge in [-0.05, 0) is 36.4 Å². The highest BCUT2D eigenvalue weighted by Gasteiger charge is 2.35. The Bertz CT molecular complexity index is 852. The molecule has 0 saturated heterocycles. The zero-order valence-corrected chi connectivity index (χ0v) is 13.1. The van der Waals surface area contributed by atoms with E-state index in [-0.39, 0.29) is 4.90 Å². The zero-order chi connectivity index (χ0) is 16.0. The Morgan fingerprint density at radius 2 is 1.78 bits per heavy atom. The first-order valence-corrected chi connectivity index (χ1v) is 8.80. The van der Waals surface area contributed by atoms with E-state index in [0.29, 0.717) is 31.1 Å². The van der Waals surface area contributed by atoms with Crippen LogP contribution in [-0.4, -0.2) is 34.7 Å². The standard InChI is InChI=1S/C16H15FN2O3S/c17-12-4-6-13(7-5-12)23(20,21)19-9-8-18-10-11-22-15-3-1-2-14(19)16(15)18/h1-7H,8-11H2. The first-order chi connectivity index (χ1) is 11.1. The predicted octanol–water partition coefficient (Wildman–Crippen LogP) is 2.23. The third-order valence-electron chi connectivity index (χ3n) is 4.16. The van der Waals surface area contributed by atoms with Crippen LogP contribution in [0.2, 0.25) is 0 Å². The second-order valence-electron chi connectivity index (χ2n) is 5.49. The lowest BCUT2D eigenvalue weighted by atomic mass is 10.1. The highest BCUT2D eigenvalue weighted by molar-refractivity contribution is 7.92. The van der Waals surface area contributed by atoms with Gasteiger partial charge in [0.25, 0.3) is 10.0 Å². The molecule has 7 heteroatoms. The van der Waals surface area contributed by atoms with Crippen LogP contribution in [0.25, 0.3) is 0 Å². The molecule has 0 unspecified atom stereocenters. The van der Waals surface area contributed by atoms with Gasteiger partial charge in [-0.2, -0.15) is 0 Å². The van der Waals surface area contributed by atoms with Crippen molar-refractivity contribution in [1.82, 2.24) is 0 Å². The van der Waals surface area contributed by atoms with Gasteiger partial charge in [0.05, 0.1) is 23.7 Å². The summed E-state index contributed by atoms with van der Waals surface area (Å²) < 4.78 is 46.0. The molecule has 5 nitrogen and oxygen atoms in total. The van der Waals surface area contributed by atoms with Crippen molar-refractivity contribution in [2.75, 3.05) is 35.4 Å². The molecule has 2 aliphatic heterocycles. The molecule has 0 saturated carbocycles. The van der Waals surface area contributed by atoms with Gasteiger partial charge >= 0.3 is 0 Å². The molecule has 2 aromatic carbocycles. The van der Waals surface area contributed by atoms with Crippen LogP contribution in [0.3, 0.4) is 0 Å². The fourth-order valence-electron chi connectivity index (χ4n) is 3.06. The summed E-state index contributed by atoms with van der Waals surface area (Å²) in [7, 11) is -3.73. The number of anilines is 2. The summed E-state index contributed by atoms with van der Waals surface area (Å²) in [6.45, 7) is 2.31. The Morgan fingerprint density at radius 3 is 2.57 bits per heavy atom. The average molecular weight is 334 g/mol. The van der Waals surface area contributed by atoms with Gasteiger partial charge in [0.2, 0.25) is 0 Å². The maximum Gasteiger partial charge on any atom is 0.264 e. The number of hydrogen-bond acceptors (Lipinski definition) is 4. The first-order valence-electron chi connectivity index (χ1n) is 7.36. The Morgan fingerprint density at radius 1 is 1.00 bits per heavy atom. The third kappa shape index (κ3) is 2.23. The van der Waals surface area contributed by atoms with Gasteiger partial charge < -0.3 is 9.64 Å². The molecule has 0 aliphatic carbocycles. The molecule has 0 bridgehead atoms. The van der Waals surface area contributed by atoms with Crippen LogP contribution in [0.15, 0.2) is 47.4 Å². The molecule has 0 radical (unpaired) electrons. The van der Waals surface area contributed by atoms with E-state index >= 15 is 0 Å². The SMILES string of the molecule is O=S(=O)(c1ccc(F)cc1)N1CCN2CCOc3cccc1c32. The molecule has 0 atom stereocenters. The van der Waals surface area contributed by atoms with E-state index in [0.717, 1.165) is 24.4 Å². The second kappa shape index (κ2) is 5.13. The number of para-hydroxylation sites is 1. The topological polar surface area (TPSA) is 49.9 Å². The second-order valence-corrected chi connectivity index (χ2v) is 7.35. The molecular weight excluding hydrogens is 319 g/mol. The van der Waals surface area contributed by atoms with Crippen LogP contribution in [0.5, 0.6) is 5.75 Å². The van der Waals surface area contributed by atoms with Crippen LogP contribution in [0.4, 0.5) is 15.8 Å². The molecule has 0 N–H and O–H groups in total. The Kier molecular flexibility index (Phi) is 3.19. The molecule has 4 rings (SSSR count). The number of nitrogens with zero attached hydrogens (tertiary/aromatic N) is 2. The van der Waals surface area contributed by atoms with Crippen LogP contribution in [0.1, 0.15) is 0 Å². The van der Waals surface area contributed by atoms with Gasteiger partial charge in [0, 0.05) is 6.54 Å². The van der Waals surface area contributed by atoms with Crippen molar-refractivity contribution in [3.63, 3.8) is 0 Å². The van der Waals surface area contributed by atoms with Crippen molar-refractivity contribution < 1.29 is 17.5 Å². The molecule has 2 aromatic rings. The van der Waals surface area contributed by atoms with Crippen molar-refractivity contribution in [2.24, 2.45) is 0 Å². The summed E-state index contributed by atoms with van der Waals surface area (Å²) in [5.74, 6) is 0.243. The molecule has 0 fully saturated rings. The number of ether oxygens (including phenoxy) is 1. The van der Waals surface area contributed by atoms with Crippen molar-refractivity contribution in [1.29, 1.82) is 0 Å². The highest BCUT2D eigenvalue weighted by atomic mass is 32.2. The van der Waals surface area contributed by atoms with Gasteiger partial charge in [-0.15, -0.1) is 0 Å². The van der Waals surface area contributed by atoms with Crippen LogP contribution < -0.4 is 13.9 Å². The van der Waals surface area contributed by atoms with E-state index < -0.39 is 15.8 Å². The van der Waals surface area contributed by atoms with Crippen molar-refractivity contribution in [3.8, 4) is 5.75 Å². The maximum absolute atomic E-state index is 13.1. The van der Waals surface area contributed by atoms with E-state index in [1.54, 1.807) is 12.1 Å². The number of rotatable bonds is 2. The van der Waals surface area contributed by atoms with Crippen molar-refractivity contribution >= 4 is 21.4 Å². The van der Waals surface area contributed by atoms with Gasteiger partial charge in [0.15, 0.2) is 0 Å². The van der Waals surface area contributed by atoms with E-state index in [9.17, 15) is 12.8 Å². The summed E-state index contributed by atoms with van der Waals surface area (Å²) in [5.41, 5.74) is 1.42. The number of sulfonamides is 1. The van der Waals surface area contributed by atoms with Crippen molar-refractivity contribution in [2.45, 2.75) is 4.90 Å². The minimum atomic E-state index is -3.73.